The van der Waals surface area contributed by atoms with Crippen LogP contribution in [-0.4, -0.2) is 33.5 Å². The molecule has 6 nitrogen and oxygen atoms in total. The monoisotopic (exact) mass is 446 g/mol. The quantitative estimate of drug-likeness (QED) is 0.521. The Morgan fingerprint density at radius 2 is 1.29 bits per heavy atom. The fourth-order valence-electron chi connectivity index (χ4n) is 2.44. The Labute approximate surface area is 154 Å². The van der Waals surface area contributed by atoms with Crippen molar-refractivity contribution in [3.8, 4) is 23.0 Å². The van der Waals surface area contributed by atoms with Crippen molar-refractivity contribution in [1.82, 2.24) is 0 Å². The van der Waals surface area contributed by atoms with E-state index in [4.69, 9.17) is 22.0 Å². The average molecular weight is 446 g/mol. The maximum absolute atomic E-state index is 11.2. The highest BCUT2D eigenvalue weighted by molar-refractivity contribution is 14.1. The molecule has 0 aliphatic rings. The topological polar surface area (TPSA) is 66.4 Å². The number of methoxy groups -OCH3 is 4. The number of rotatable bonds is 7. The molecule has 0 saturated heterocycles. The summed E-state index contributed by atoms with van der Waals surface area (Å²) in [5.41, 5.74) is 0.850. The van der Waals surface area contributed by atoms with Crippen molar-refractivity contribution in [2.24, 2.45) is 0 Å². The molecule has 0 bridgehead atoms. The van der Waals surface area contributed by atoms with Crippen LogP contribution in [-0.2, 0) is 10.5 Å². The van der Waals surface area contributed by atoms with Crippen molar-refractivity contribution in [2.75, 3.05) is 28.4 Å². The Morgan fingerprint density at radius 3 is 1.71 bits per heavy atom. The first kappa shape index (κ1) is 18.6. The number of halogens is 1. The minimum absolute atomic E-state index is 0.423. The lowest BCUT2D eigenvalue weighted by Crippen LogP contribution is -2.30. The lowest BCUT2D eigenvalue weighted by atomic mass is 9.95. The third-order valence-corrected chi connectivity index (χ3v) is 4.20. The van der Waals surface area contributed by atoms with Gasteiger partial charge in [0.1, 0.15) is 23.0 Å². The second kappa shape index (κ2) is 7.91. The van der Waals surface area contributed by atoms with Crippen molar-refractivity contribution in [1.29, 1.82) is 0 Å². The SMILES string of the molecule is COc1ccc(C(O)(OC)c2ccc(OI)cc2OC)c(OC)c1. The van der Waals surface area contributed by atoms with E-state index in [-0.39, 0.29) is 0 Å². The molecule has 1 unspecified atom stereocenters. The lowest BCUT2D eigenvalue weighted by molar-refractivity contribution is -0.161. The highest BCUT2D eigenvalue weighted by Crippen LogP contribution is 2.42. The van der Waals surface area contributed by atoms with E-state index in [0.717, 1.165) is 0 Å². The van der Waals surface area contributed by atoms with Gasteiger partial charge in [0.25, 0.3) is 0 Å². The molecular weight excluding hydrogens is 427 g/mol. The summed E-state index contributed by atoms with van der Waals surface area (Å²) in [6.45, 7) is 0. The van der Waals surface area contributed by atoms with Gasteiger partial charge in [0, 0.05) is 19.2 Å². The standard InChI is InChI=1S/C17H19IO6/c1-20-11-5-7-13(15(9-11)21-2)17(19,23-4)14-8-6-12(24-18)10-16(14)22-3/h5-10,19H,1-4H3. The minimum Gasteiger partial charge on any atom is -0.497 e. The zero-order valence-electron chi connectivity index (χ0n) is 13.8. The smallest absolute Gasteiger partial charge is 0.226 e. The molecule has 1 atom stereocenters. The molecule has 130 valence electrons. The third kappa shape index (κ3) is 3.38. The van der Waals surface area contributed by atoms with Crippen LogP contribution in [0.5, 0.6) is 23.0 Å². The predicted octanol–water partition coefficient (Wildman–Crippen LogP) is 3.28. The molecule has 0 amide bonds. The van der Waals surface area contributed by atoms with Gasteiger partial charge in [-0.3, -0.25) is 0 Å². The first-order valence-electron chi connectivity index (χ1n) is 7.01. The Morgan fingerprint density at radius 1 is 0.792 bits per heavy atom. The fourth-order valence-corrected chi connectivity index (χ4v) is 2.72. The van der Waals surface area contributed by atoms with Crippen molar-refractivity contribution in [2.45, 2.75) is 5.79 Å². The molecule has 0 saturated carbocycles. The molecule has 0 fully saturated rings. The summed E-state index contributed by atoms with van der Waals surface area (Å²) in [7, 11) is 5.99. The third-order valence-electron chi connectivity index (χ3n) is 3.70. The summed E-state index contributed by atoms with van der Waals surface area (Å²) in [6.07, 6.45) is 0. The Hall–Kier alpha value is -1.71. The molecule has 2 aromatic rings. The number of aliphatic hydroxyl groups is 1. The van der Waals surface area contributed by atoms with Gasteiger partial charge in [-0.2, -0.15) is 0 Å². The van der Waals surface area contributed by atoms with Gasteiger partial charge in [-0.25, -0.2) is 0 Å². The van der Waals surface area contributed by atoms with Crippen LogP contribution in [0.3, 0.4) is 0 Å². The van der Waals surface area contributed by atoms with Crippen molar-refractivity contribution in [3.05, 3.63) is 47.5 Å². The van der Waals surface area contributed by atoms with Crippen LogP contribution in [0, 0.1) is 0 Å². The summed E-state index contributed by atoms with van der Waals surface area (Å²) < 4.78 is 26.6. The molecular formula is C17H19IO6. The predicted molar refractivity (Wildman–Crippen MR) is 97.2 cm³/mol. The van der Waals surface area contributed by atoms with Crippen LogP contribution in [0.15, 0.2) is 36.4 Å². The maximum Gasteiger partial charge on any atom is 0.226 e. The van der Waals surface area contributed by atoms with Crippen molar-refractivity contribution in [3.63, 3.8) is 0 Å². The van der Waals surface area contributed by atoms with E-state index in [1.165, 1.54) is 21.3 Å². The molecule has 0 aromatic heterocycles. The van der Waals surface area contributed by atoms with E-state index in [0.29, 0.717) is 34.1 Å². The molecule has 0 spiro atoms. The largest absolute Gasteiger partial charge is 0.497 e. The molecule has 2 rings (SSSR count). The molecule has 0 aliphatic heterocycles. The Bertz CT molecular complexity index is 648. The molecule has 24 heavy (non-hydrogen) atoms. The first-order valence-corrected chi connectivity index (χ1v) is 7.89. The summed E-state index contributed by atoms with van der Waals surface area (Å²) in [5.74, 6) is 0.277. The summed E-state index contributed by atoms with van der Waals surface area (Å²) in [5, 5.41) is 11.2. The second-order valence-electron chi connectivity index (χ2n) is 4.85. The van der Waals surface area contributed by atoms with Crippen LogP contribution >= 0.6 is 23.0 Å². The van der Waals surface area contributed by atoms with Gasteiger partial charge in [-0.05, 0) is 24.3 Å². The molecule has 0 heterocycles. The highest BCUT2D eigenvalue weighted by atomic mass is 127. The van der Waals surface area contributed by atoms with Crippen molar-refractivity contribution >= 4 is 23.0 Å². The zero-order valence-corrected chi connectivity index (χ0v) is 16.0. The summed E-state index contributed by atoms with van der Waals surface area (Å²) in [4.78, 5) is 0. The molecule has 0 aliphatic carbocycles. The van der Waals surface area contributed by atoms with E-state index >= 15 is 0 Å². The summed E-state index contributed by atoms with van der Waals surface area (Å²) >= 11 is 1.78. The van der Waals surface area contributed by atoms with Crippen molar-refractivity contribution < 1.29 is 27.1 Å². The highest BCUT2D eigenvalue weighted by Gasteiger charge is 2.37. The first-order chi connectivity index (χ1) is 11.5. The average Bonchev–Trinajstić information content (AvgIpc) is 2.66. The van der Waals surface area contributed by atoms with Crippen LogP contribution in [0.2, 0.25) is 0 Å². The molecule has 7 heteroatoms. The maximum atomic E-state index is 11.2. The number of ether oxygens (including phenoxy) is 4. The van der Waals surface area contributed by atoms with E-state index in [2.05, 4.69) is 0 Å². The lowest BCUT2D eigenvalue weighted by Gasteiger charge is -2.30. The van der Waals surface area contributed by atoms with E-state index in [9.17, 15) is 5.11 Å². The molecule has 0 radical (unpaired) electrons. The fraction of sp³-hybridized carbons (Fsp3) is 0.294. The van der Waals surface area contributed by atoms with Gasteiger partial charge in [0.2, 0.25) is 5.79 Å². The molecule has 2 aromatic carbocycles. The second-order valence-corrected chi connectivity index (χ2v) is 5.29. The van der Waals surface area contributed by atoms with E-state index < -0.39 is 5.79 Å². The van der Waals surface area contributed by atoms with Gasteiger partial charge in [0.05, 0.1) is 32.5 Å². The van der Waals surface area contributed by atoms with Gasteiger partial charge in [0.15, 0.2) is 23.0 Å². The van der Waals surface area contributed by atoms with Crippen LogP contribution in [0.4, 0.5) is 0 Å². The van der Waals surface area contributed by atoms with Gasteiger partial charge in [-0.15, -0.1) is 0 Å². The minimum atomic E-state index is -1.77. The summed E-state index contributed by atoms with van der Waals surface area (Å²) in [6, 6.07) is 10.1. The number of benzene rings is 2. The van der Waals surface area contributed by atoms with Crippen LogP contribution in [0.1, 0.15) is 11.1 Å². The Kier molecular flexibility index (Phi) is 6.14. The number of hydrogen-bond acceptors (Lipinski definition) is 6. The zero-order chi connectivity index (χ0) is 17.7. The van der Waals surface area contributed by atoms with Gasteiger partial charge >= 0.3 is 0 Å². The van der Waals surface area contributed by atoms with Gasteiger partial charge in [-0.1, -0.05) is 0 Å². The van der Waals surface area contributed by atoms with E-state index in [1.807, 2.05) is 0 Å². The van der Waals surface area contributed by atoms with Crippen LogP contribution in [0.25, 0.3) is 0 Å². The normalized spacial score (nSPS) is 13.1. The van der Waals surface area contributed by atoms with Crippen LogP contribution < -0.4 is 17.3 Å². The molecule has 1 N–H and O–H groups in total. The van der Waals surface area contributed by atoms with E-state index in [1.54, 1.807) is 66.5 Å². The Balaban J connectivity index is 2.64. The number of hydrogen-bond donors (Lipinski definition) is 1. The van der Waals surface area contributed by atoms with Gasteiger partial charge < -0.3 is 27.1 Å².